The number of carbonyl (C=O) groups is 4. The van der Waals surface area contributed by atoms with Gasteiger partial charge in [-0.15, -0.1) is 0 Å². The third kappa shape index (κ3) is 10.4. The highest BCUT2D eigenvalue weighted by molar-refractivity contribution is 5.92. The molecular weight excluding hydrogens is 436 g/mol. The molecule has 196 valence electrons. The second-order valence-electron chi connectivity index (χ2n) is 10.3. The Balaban J connectivity index is 3.06. The highest BCUT2D eigenvalue weighted by Gasteiger charge is 2.28. The van der Waals surface area contributed by atoms with Crippen molar-refractivity contribution in [2.45, 2.75) is 91.2 Å². The second kappa shape index (κ2) is 14.3. The molecule has 0 radical (unpaired) electrons. The number of carbonyl (C=O) groups excluding carboxylic acids is 4. The molecule has 0 aromatic carbocycles. The highest BCUT2D eigenvalue weighted by atomic mass is 16.3. The van der Waals surface area contributed by atoms with Crippen LogP contribution in [0.4, 0.5) is 0 Å². The van der Waals surface area contributed by atoms with Gasteiger partial charge in [-0.25, -0.2) is 0 Å². The third-order valence-corrected chi connectivity index (χ3v) is 6.52. The van der Waals surface area contributed by atoms with E-state index in [2.05, 4.69) is 10.6 Å². The van der Waals surface area contributed by atoms with Gasteiger partial charge in [0.15, 0.2) is 0 Å². The molecule has 1 saturated heterocycles. The van der Waals surface area contributed by atoms with Gasteiger partial charge in [-0.1, -0.05) is 34.1 Å². The zero-order chi connectivity index (χ0) is 25.9. The fourth-order valence-corrected chi connectivity index (χ4v) is 4.12. The lowest BCUT2D eigenvalue weighted by Gasteiger charge is -2.28. The van der Waals surface area contributed by atoms with Crippen LogP contribution in [0, 0.1) is 11.8 Å². The van der Waals surface area contributed by atoms with Crippen LogP contribution >= 0.6 is 0 Å². The van der Waals surface area contributed by atoms with Crippen LogP contribution in [-0.4, -0.2) is 83.4 Å². The van der Waals surface area contributed by atoms with E-state index in [4.69, 9.17) is 0 Å². The number of aliphatic hydroxyl groups is 1. The minimum Gasteiger partial charge on any atom is -0.390 e. The lowest BCUT2D eigenvalue weighted by Crippen LogP contribution is -2.54. The van der Waals surface area contributed by atoms with E-state index >= 15 is 0 Å². The number of nitrogens with one attached hydrogen (secondary N) is 2. The Kier molecular flexibility index (Phi) is 12.6. The summed E-state index contributed by atoms with van der Waals surface area (Å²) in [5.74, 6) is -1.59. The van der Waals surface area contributed by atoms with E-state index in [0.29, 0.717) is 45.2 Å². The Hall–Kier alpha value is -2.16. The van der Waals surface area contributed by atoms with Crippen molar-refractivity contribution in [3.63, 3.8) is 0 Å². The van der Waals surface area contributed by atoms with Gasteiger partial charge < -0.3 is 25.5 Å². The van der Waals surface area contributed by atoms with Gasteiger partial charge in [0.25, 0.3) is 0 Å². The minimum absolute atomic E-state index is 0.0843. The zero-order valence-electron chi connectivity index (χ0n) is 22.0. The molecule has 3 atom stereocenters. The first-order chi connectivity index (χ1) is 15.9. The van der Waals surface area contributed by atoms with Crippen LogP contribution in [0.25, 0.3) is 0 Å². The molecule has 0 spiro atoms. The van der Waals surface area contributed by atoms with E-state index < -0.39 is 23.5 Å². The average Bonchev–Trinajstić information content (AvgIpc) is 2.76. The van der Waals surface area contributed by atoms with E-state index in [1.807, 2.05) is 27.7 Å². The molecule has 0 bridgehead atoms. The summed E-state index contributed by atoms with van der Waals surface area (Å²) in [5.41, 5.74) is -0.879. The Bertz CT molecular complexity index is 695. The van der Waals surface area contributed by atoms with E-state index in [-0.39, 0.29) is 36.7 Å². The summed E-state index contributed by atoms with van der Waals surface area (Å²) in [6, 6.07) is -0.802. The summed E-state index contributed by atoms with van der Waals surface area (Å²) in [4.78, 5) is 54.2. The molecule has 9 heteroatoms. The van der Waals surface area contributed by atoms with Crippen molar-refractivity contribution >= 4 is 23.6 Å². The van der Waals surface area contributed by atoms with Crippen molar-refractivity contribution < 1.29 is 24.3 Å². The topological polar surface area (TPSA) is 119 Å². The molecule has 4 amide bonds. The number of unbranched alkanes of at least 4 members (excludes halogenated alkanes) is 1. The van der Waals surface area contributed by atoms with Crippen molar-refractivity contribution in [2.75, 3.05) is 33.2 Å². The van der Waals surface area contributed by atoms with Crippen LogP contribution in [0.1, 0.15) is 79.6 Å². The molecule has 0 aliphatic carbocycles. The summed E-state index contributed by atoms with van der Waals surface area (Å²) in [7, 11) is 1.67. The largest absolute Gasteiger partial charge is 0.390 e. The number of nitrogens with zero attached hydrogens (tertiary/aromatic N) is 2. The Labute approximate surface area is 205 Å². The van der Waals surface area contributed by atoms with Gasteiger partial charge in [-0.2, -0.15) is 0 Å². The summed E-state index contributed by atoms with van der Waals surface area (Å²) < 4.78 is 0. The molecule has 0 aromatic rings. The van der Waals surface area contributed by atoms with Crippen LogP contribution in [0.5, 0.6) is 0 Å². The first-order valence-corrected chi connectivity index (χ1v) is 12.7. The summed E-state index contributed by atoms with van der Waals surface area (Å²) >= 11 is 0. The number of hydrogen-bond donors (Lipinski definition) is 3. The van der Waals surface area contributed by atoms with Crippen molar-refractivity contribution in [2.24, 2.45) is 11.8 Å². The fourth-order valence-electron chi connectivity index (χ4n) is 4.12. The molecular formula is C25H46N4O5. The molecule has 1 heterocycles. The summed E-state index contributed by atoms with van der Waals surface area (Å²) in [5, 5.41) is 16.1. The van der Waals surface area contributed by atoms with Crippen molar-refractivity contribution in [3.05, 3.63) is 0 Å². The van der Waals surface area contributed by atoms with Gasteiger partial charge in [0.05, 0.1) is 18.7 Å². The molecule has 1 fully saturated rings. The highest BCUT2D eigenvalue weighted by Crippen LogP contribution is 2.22. The first-order valence-electron chi connectivity index (χ1n) is 12.7. The maximum absolute atomic E-state index is 13.1. The number of rotatable bonds is 4. The van der Waals surface area contributed by atoms with E-state index in [1.165, 1.54) is 0 Å². The smallest absolute Gasteiger partial charge is 0.243 e. The quantitative estimate of drug-likeness (QED) is 0.563. The SMILES string of the molecule is CCCCN1CC(=O)N[C@@H](C(C)C)C(=O)NCC(=O)N(C)CCC[C@@](C)(O)CCC[C@@H](C)C1=O. The predicted molar refractivity (Wildman–Crippen MR) is 132 cm³/mol. The molecule has 0 saturated carbocycles. The lowest BCUT2D eigenvalue weighted by atomic mass is 9.91. The molecule has 3 N–H and O–H groups in total. The fraction of sp³-hybridized carbons (Fsp3) is 0.840. The van der Waals surface area contributed by atoms with E-state index in [9.17, 15) is 24.3 Å². The Morgan fingerprint density at radius 1 is 1.15 bits per heavy atom. The maximum Gasteiger partial charge on any atom is 0.243 e. The summed E-state index contributed by atoms with van der Waals surface area (Å²) in [6.07, 6.45) is 4.71. The van der Waals surface area contributed by atoms with Crippen LogP contribution in [0.15, 0.2) is 0 Å². The normalized spacial score (nSPS) is 27.6. The molecule has 9 nitrogen and oxygen atoms in total. The Morgan fingerprint density at radius 3 is 2.41 bits per heavy atom. The molecule has 0 aromatic heterocycles. The van der Waals surface area contributed by atoms with Crippen molar-refractivity contribution in [1.82, 2.24) is 20.4 Å². The van der Waals surface area contributed by atoms with Gasteiger partial charge in [0, 0.05) is 26.1 Å². The predicted octanol–water partition coefficient (Wildman–Crippen LogP) is 1.68. The lowest BCUT2D eigenvalue weighted by molar-refractivity contribution is -0.140. The van der Waals surface area contributed by atoms with Gasteiger partial charge in [-0.05, 0) is 51.4 Å². The van der Waals surface area contributed by atoms with Crippen LogP contribution in [0.2, 0.25) is 0 Å². The Morgan fingerprint density at radius 2 is 1.79 bits per heavy atom. The number of amides is 4. The van der Waals surface area contributed by atoms with Crippen LogP contribution in [0.3, 0.4) is 0 Å². The second-order valence-corrected chi connectivity index (χ2v) is 10.3. The van der Waals surface area contributed by atoms with Gasteiger partial charge in [0.2, 0.25) is 23.6 Å². The average molecular weight is 483 g/mol. The monoisotopic (exact) mass is 482 g/mol. The van der Waals surface area contributed by atoms with Gasteiger partial charge >= 0.3 is 0 Å². The van der Waals surface area contributed by atoms with Crippen molar-refractivity contribution in [3.8, 4) is 0 Å². The maximum atomic E-state index is 13.1. The molecule has 1 aliphatic heterocycles. The molecule has 1 rings (SSSR count). The first kappa shape index (κ1) is 29.9. The standard InChI is InChI=1S/C25H46N4O5/c1-7-8-15-29-17-20(30)27-22(18(2)3)23(32)26-16-21(31)28(6)14-10-13-25(5,34)12-9-11-19(4)24(29)33/h18-19,22,34H,7-17H2,1-6H3,(H,26,32)(H,27,30)/t19-,22+,25+/m1/s1. The molecule has 34 heavy (non-hydrogen) atoms. The summed E-state index contributed by atoms with van der Waals surface area (Å²) in [6.45, 7) is 9.99. The minimum atomic E-state index is -0.879. The zero-order valence-corrected chi connectivity index (χ0v) is 22.0. The van der Waals surface area contributed by atoms with E-state index in [1.54, 1.807) is 23.8 Å². The van der Waals surface area contributed by atoms with Gasteiger partial charge in [0.1, 0.15) is 6.04 Å². The molecule has 0 unspecified atom stereocenters. The van der Waals surface area contributed by atoms with Gasteiger partial charge in [-0.3, -0.25) is 19.2 Å². The number of likely N-dealkylation sites (N-methyl/N-ethyl adjacent to an activating group) is 1. The van der Waals surface area contributed by atoms with Crippen LogP contribution < -0.4 is 10.6 Å². The van der Waals surface area contributed by atoms with Crippen molar-refractivity contribution in [1.29, 1.82) is 0 Å². The van der Waals surface area contributed by atoms with E-state index in [0.717, 1.165) is 12.8 Å². The third-order valence-electron chi connectivity index (χ3n) is 6.52. The molecule has 1 aliphatic rings. The van der Waals surface area contributed by atoms with Crippen LogP contribution in [-0.2, 0) is 19.2 Å². The number of hydrogen-bond acceptors (Lipinski definition) is 5.